The van der Waals surface area contributed by atoms with Crippen LogP contribution in [0.5, 0.6) is 0 Å². The lowest BCUT2D eigenvalue weighted by Gasteiger charge is -2.28. The number of hydrogen-bond acceptors (Lipinski definition) is 3. The number of nitrogens with zero attached hydrogens (tertiary/aromatic N) is 1. The number of nitrogens with two attached hydrogens (primary N) is 1. The summed E-state index contributed by atoms with van der Waals surface area (Å²) in [5.41, 5.74) is 0.902. The Morgan fingerprint density at radius 1 is 1.45 bits per heavy atom. The standard InChI is InChI=1S/C8H14N2O/c1-8(2)4-6(10-9)3-7(11)5-8/h3-5,9H2,1-2H3. The van der Waals surface area contributed by atoms with Crippen molar-refractivity contribution >= 4 is 11.5 Å². The molecule has 1 aliphatic carbocycles. The van der Waals surface area contributed by atoms with Crippen molar-refractivity contribution in [3.8, 4) is 0 Å². The molecule has 0 aromatic heterocycles. The van der Waals surface area contributed by atoms with Crippen LogP contribution in [0.1, 0.15) is 33.1 Å². The summed E-state index contributed by atoms with van der Waals surface area (Å²) in [4.78, 5) is 11.1. The third-order valence-electron chi connectivity index (χ3n) is 1.94. The summed E-state index contributed by atoms with van der Waals surface area (Å²) in [5, 5.41) is 3.59. The van der Waals surface area contributed by atoms with Crippen LogP contribution in [0.15, 0.2) is 5.10 Å². The van der Waals surface area contributed by atoms with Crippen molar-refractivity contribution in [2.24, 2.45) is 16.4 Å². The normalized spacial score (nSPS) is 27.5. The maximum absolute atomic E-state index is 11.1. The van der Waals surface area contributed by atoms with Gasteiger partial charge in [-0.2, -0.15) is 5.10 Å². The van der Waals surface area contributed by atoms with Crippen LogP contribution in [0.25, 0.3) is 0 Å². The van der Waals surface area contributed by atoms with Gasteiger partial charge in [-0.3, -0.25) is 4.79 Å². The van der Waals surface area contributed by atoms with Crippen LogP contribution in [0.2, 0.25) is 0 Å². The van der Waals surface area contributed by atoms with E-state index < -0.39 is 0 Å². The Balaban J connectivity index is 2.74. The quantitative estimate of drug-likeness (QED) is 0.419. The molecule has 62 valence electrons. The SMILES string of the molecule is CC1(C)CC(=O)CC(=NN)C1. The number of ketones is 1. The molecule has 1 fully saturated rings. The van der Waals surface area contributed by atoms with Crippen LogP contribution in [0.4, 0.5) is 0 Å². The predicted molar refractivity (Wildman–Crippen MR) is 44.3 cm³/mol. The van der Waals surface area contributed by atoms with Gasteiger partial charge in [0, 0.05) is 18.6 Å². The van der Waals surface area contributed by atoms with Crippen molar-refractivity contribution in [1.82, 2.24) is 0 Å². The fourth-order valence-corrected chi connectivity index (χ4v) is 1.59. The van der Waals surface area contributed by atoms with E-state index in [1.807, 2.05) is 0 Å². The Bertz CT molecular complexity index is 206. The Labute approximate surface area is 66.7 Å². The maximum atomic E-state index is 11.1. The van der Waals surface area contributed by atoms with E-state index in [4.69, 9.17) is 5.84 Å². The number of hydrogen-bond donors (Lipinski definition) is 1. The molecule has 3 heteroatoms. The highest BCUT2D eigenvalue weighted by Gasteiger charge is 2.29. The summed E-state index contributed by atoms with van der Waals surface area (Å²) in [6.07, 6.45) is 1.97. The van der Waals surface area contributed by atoms with Gasteiger partial charge in [0.05, 0.1) is 0 Å². The van der Waals surface area contributed by atoms with E-state index in [2.05, 4.69) is 18.9 Å². The summed E-state index contributed by atoms with van der Waals surface area (Å²) in [6.45, 7) is 4.13. The van der Waals surface area contributed by atoms with E-state index >= 15 is 0 Å². The second kappa shape index (κ2) is 2.64. The molecule has 0 radical (unpaired) electrons. The van der Waals surface area contributed by atoms with E-state index in [0.717, 1.165) is 12.1 Å². The van der Waals surface area contributed by atoms with Gasteiger partial charge >= 0.3 is 0 Å². The zero-order valence-electron chi connectivity index (χ0n) is 7.05. The molecule has 0 aromatic rings. The number of carbonyl (C=O) groups excluding carboxylic acids is 1. The van der Waals surface area contributed by atoms with E-state index in [9.17, 15) is 4.79 Å². The van der Waals surface area contributed by atoms with Gasteiger partial charge in [0.25, 0.3) is 0 Å². The van der Waals surface area contributed by atoms with Gasteiger partial charge in [-0.05, 0) is 11.8 Å². The fourth-order valence-electron chi connectivity index (χ4n) is 1.59. The first kappa shape index (κ1) is 8.24. The van der Waals surface area contributed by atoms with Gasteiger partial charge in [-0.25, -0.2) is 0 Å². The molecule has 0 aliphatic heterocycles. The van der Waals surface area contributed by atoms with Crippen LogP contribution in [0, 0.1) is 5.41 Å². The summed E-state index contributed by atoms with van der Waals surface area (Å²) in [7, 11) is 0. The molecule has 0 atom stereocenters. The van der Waals surface area contributed by atoms with Gasteiger partial charge in [-0.15, -0.1) is 0 Å². The highest BCUT2D eigenvalue weighted by molar-refractivity contribution is 6.04. The molecule has 0 aromatic carbocycles. The maximum Gasteiger partial charge on any atom is 0.139 e. The minimum Gasteiger partial charge on any atom is -0.323 e. The molecule has 0 amide bonds. The van der Waals surface area contributed by atoms with E-state index in [1.54, 1.807) is 0 Å². The highest BCUT2D eigenvalue weighted by atomic mass is 16.1. The minimum atomic E-state index is 0.0630. The molecular weight excluding hydrogens is 140 g/mol. The lowest BCUT2D eigenvalue weighted by molar-refractivity contribution is -0.120. The fraction of sp³-hybridized carbons (Fsp3) is 0.750. The molecule has 0 unspecified atom stereocenters. The molecule has 1 saturated carbocycles. The summed E-state index contributed by atoms with van der Waals surface area (Å²) >= 11 is 0. The number of Topliss-reactive ketones (excluding diaryl/α,β-unsaturated/α-hetero) is 1. The predicted octanol–water partition coefficient (Wildman–Crippen LogP) is 1.08. The third kappa shape index (κ3) is 2.03. The number of hydrazone groups is 1. The van der Waals surface area contributed by atoms with Crippen LogP contribution >= 0.6 is 0 Å². The molecule has 1 rings (SSSR count). The summed E-state index contributed by atoms with van der Waals surface area (Å²) in [6, 6.07) is 0. The Morgan fingerprint density at radius 2 is 2.09 bits per heavy atom. The summed E-state index contributed by atoms with van der Waals surface area (Å²) in [5.74, 6) is 5.38. The smallest absolute Gasteiger partial charge is 0.139 e. The molecular formula is C8H14N2O. The van der Waals surface area contributed by atoms with Crippen LogP contribution < -0.4 is 5.84 Å². The first-order valence-corrected chi connectivity index (χ1v) is 3.81. The molecule has 11 heavy (non-hydrogen) atoms. The zero-order chi connectivity index (χ0) is 8.48. The van der Waals surface area contributed by atoms with E-state index in [-0.39, 0.29) is 11.2 Å². The van der Waals surface area contributed by atoms with Crippen molar-refractivity contribution in [3.63, 3.8) is 0 Å². The Kier molecular flexibility index (Phi) is 1.98. The summed E-state index contributed by atoms with van der Waals surface area (Å²) < 4.78 is 0. The molecule has 0 heterocycles. The van der Waals surface area contributed by atoms with Gasteiger partial charge in [0.2, 0.25) is 0 Å². The zero-order valence-corrected chi connectivity index (χ0v) is 7.05. The minimum absolute atomic E-state index is 0.0630. The van der Waals surface area contributed by atoms with Crippen molar-refractivity contribution in [2.45, 2.75) is 33.1 Å². The average Bonchev–Trinajstić information content (AvgIpc) is 1.83. The first-order valence-electron chi connectivity index (χ1n) is 3.81. The number of carbonyl (C=O) groups is 1. The monoisotopic (exact) mass is 154 g/mol. The average molecular weight is 154 g/mol. The topological polar surface area (TPSA) is 55.5 Å². The van der Waals surface area contributed by atoms with E-state index in [1.165, 1.54) is 0 Å². The second-order valence-electron chi connectivity index (χ2n) is 3.93. The highest BCUT2D eigenvalue weighted by Crippen LogP contribution is 2.31. The van der Waals surface area contributed by atoms with Crippen molar-refractivity contribution in [1.29, 1.82) is 0 Å². The van der Waals surface area contributed by atoms with Crippen LogP contribution in [-0.2, 0) is 4.79 Å². The Morgan fingerprint density at radius 3 is 2.55 bits per heavy atom. The molecule has 2 N–H and O–H groups in total. The largest absolute Gasteiger partial charge is 0.323 e. The lowest BCUT2D eigenvalue weighted by Crippen LogP contribution is -2.29. The molecule has 0 spiro atoms. The van der Waals surface area contributed by atoms with Gasteiger partial charge in [0.15, 0.2) is 0 Å². The molecule has 1 aliphatic rings. The molecule has 0 saturated heterocycles. The Hall–Kier alpha value is -0.860. The van der Waals surface area contributed by atoms with Crippen LogP contribution in [-0.4, -0.2) is 11.5 Å². The van der Waals surface area contributed by atoms with Crippen molar-refractivity contribution < 1.29 is 4.79 Å². The van der Waals surface area contributed by atoms with Gasteiger partial charge in [-0.1, -0.05) is 13.8 Å². The molecule has 3 nitrogen and oxygen atoms in total. The van der Waals surface area contributed by atoms with Gasteiger partial charge in [0.1, 0.15) is 5.78 Å². The lowest BCUT2D eigenvalue weighted by atomic mass is 9.76. The first-order chi connectivity index (χ1) is 5.03. The second-order valence-corrected chi connectivity index (χ2v) is 3.93. The van der Waals surface area contributed by atoms with Gasteiger partial charge < -0.3 is 5.84 Å². The molecule has 0 bridgehead atoms. The van der Waals surface area contributed by atoms with Crippen molar-refractivity contribution in [3.05, 3.63) is 0 Å². The number of rotatable bonds is 0. The van der Waals surface area contributed by atoms with E-state index in [0.29, 0.717) is 12.8 Å². The van der Waals surface area contributed by atoms with Crippen LogP contribution in [0.3, 0.4) is 0 Å². The third-order valence-corrected chi connectivity index (χ3v) is 1.94. The van der Waals surface area contributed by atoms with Crippen molar-refractivity contribution in [2.75, 3.05) is 0 Å².